The monoisotopic (exact) mass is 415 g/mol. The van der Waals surface area contributed by atoms with E-state index in [1.807, 2.05) is 0 Å². The first-order chi connectivity index (χ1) is 14.3. The lowest BCUT2D eigenvalue weighted by Crippen LogP contribution is -2.33. The molecule has 0 spiro atoms. The Morgan fingerprint density at radius 2 is 1.73 bits per heavy atom. The number of nitrogens with zero attached hydrogens (tertiary/aromatic N) is 4. The summed E-state index contributed by atoms with van der Waals surface area (Å²) in [5.41, 5.74) is -1.15. The lowest BCUT2D eigenvalue weighted by molar-refractivity contribution is -0.394. The third kappa shape index (κ3) is 4.26. The topological polar surface area (TPSA) is 162 Å². The molecule has 1 N–H and O–H groups in total. The molecule has 2 aromatic rings. The zero-order chi connectivity index (χ0) is 21.4. The van der Waals surface area contributed by atoms with Gasteiger partial charge in [-0.1, -0.05) is 0 Å². The summed E-state index contributed by atoms with van der Waals surface area (Å²) in [5, 5.41) is 25.0. The van der Waals surface area contributed by atoms with Gasteiger partial charge in [-0.15, -0.1) is 0 Å². The molecule has 12 heteroatoms. The van der Waals surface area contributed by atoms with E-state index in [9.17, 15) is 29.8 Å². The van der Waals surface area contributed by atoms with Gasteiger partial charge in [-0.05, 0) is 25.7 Å². The van der Waals surface area contributed by atoms with Crippen LogP contribution in [0.15, 0.2) is 28.9 Å². The van der Waals surface area contributed by atoms with E-state index in [2.05, 4.69) is 10.3 Å². The van der Waals surface area contributed by atoms with Crippen molar-refractivity contribution in [2.24, 2.45) is 0 Å². The van der Waals surface area contributed by atoms with Gasteiger partial charge in [0.1, 0.15) is 6.26 Å². The summed E-state index contributed by atoms with van der Waals surface area (Å²) in [4.78, 5) is 51.2. The second kappa shape index (κ2) is 7.54. The van der Waals surface area contributed by atoms with Crippen molar-refractivity contribution >= 4 is 23.2 Å². The highest BCUT2D eigenvalue weighted by Gasteiger charge is 2.35. The first-order valence-electron chi connectivity index (χ1n) is 9.32. The number of nitro benzene ring substituents is 2. The van der Waals surface area contributed by atoms with Gasteiger partial charge >= 0.3 is 0 Å². The van der Waals surface area contributed by atoms with Crippen LogP contribution in [0.2, 0.25) is 0 Å². The van der Waals surface area contributed by atoms with Crippen LogP contribution >= 0.6 is 0 Å². The number of non-ortho nitro benzene ring substituents is 2. The van der Waals surface area contributed by atoms with Crippen LogP contribution < -0.4 is 5.32 Å². The SMILES string of the molecule is O=C(NC1CC1)c1coc(CN(C(=O)c2cc([N+](=O)[O-])cc([N+](=O)[O-])c2)C2CC2)n1. The van der Waals surface area contributed by atoms with Crippen molar-refractivity contribution in [3.05, 3.63) is 61.8 Å². The Labute approximate surface area is 169 Å². The molecule has 12 nitrogen and oxygen atoms in total. The molecule has 1 heterocycles. The van der Waals surface area contributed by atoms with Gasteiger partial charge in [0, 0.05) is 24.2 Å². The van der Waals surface area contributed by atoms with Crippen LogP contribution in [0, 0.1) is 20.2 Å². The Hall–Kier alpha value is -3.83. The number of benzene rings is 1. The van der Waals surface area contributed by atoms with Gasteiger partial charge in [0.15, 0.2) is 5.69 Å². The normalized spacial score (nSPS) is 15.5. The van der Waals surface area contributed by atoms with Crippen LogP contribution in [0.25, 0.3) is 0 Å². The van der Waals surface area contributed by atoms with Crippen molar-refractivity contribution < 1.29 is 23.9 Å². The summed E-state index contributed by atoms with van der Waals surface area (Å²) < 4.78 is 5.32. The fourth-order valence-electron chi connectivity index (χ4n) is 2.97. The Morgan fingerprint density at radius 3 is 2.27 bits per heavy atom. The van der Waals surface area contributed by atoms with Crippen molar-refractivity contribution in [1.29, 1.82) is 0 Å². The highest BCUT2D eigenvalue weighted by molar-refractivity contribution is 5.96. The predicted molar refractivity (Wildman–Crippen MR) is 99.6 cm³/mol. The van der Waals surface area contributed by atoms with Crippen LogP contribution in [0.4, 0.5) is 11.4 Å². The maximum absolute atomic E-state index is 13.0. The minimum Gasteiger partial charge on any atom is -0.446 e. The van der Waals surface area contributed by atoms with Crippen LogP contribution in [0.3, 0.4) is 0 Å². The highest BCUT2D eigenvalue weighted by Crippen LogP contribution is 2.31. The first-order valence-corrected chi connectivity index (χ1v) is 9.32. The summed E-state index contributed by atoms with van der Waals surface area (Å²) in [7, 11) is 0. The number of carbonyl (C=O) groups excluding carboxylic acids is 2. The Balaban J connectivity index is 1.55. The molecule has 0 atom stereocenters. The molecule has 0 radical (unpaired) electrons. The lowest BCUT2D eigenvalue weighted by atomic mass is 10.1. The molecule has 2 amide bonds. The molecule has 2 saturated carbocycles. The zero-order valence-electron chi connectivity index (χ0n) is 15.6. The number of rotatable bonds is 8. The van der Waals surface area contributed by atoms with Crippen molar-refractivity contribution in [3.8, 4) is 0 Å². The minimum atomic E-state index is -0.788. The molecule has 0 saturated heterocycles. The fraction of sp³-hybridized carbons (Fsp3) is 0.389. The van der Waals surface area contributed by atoms with E-state index < -0.39 is 27.1 Å². The predicted octanol–water partition coefficient (Wildman–Crippen LogP) is 2.19. The fourth-order valence-corrected chi connectivity index (χ4v) is 2.97. The molecule has 2 fully saturated rings. The van der Waals surface area contributed by atoms with E-state index in [-0.39, 0.29) is 41.7 Å². The second-order valence-corrected chi connectivity index (χ2v) is 7.29. The Kier molecular flexibility index (Phi) is 4.90. The molecule has 0 unspecified atom stereocenters. The minimum absolute atomic E-state index is 0.0588. The van der Waals surface area contributed by atoms with Crippen LogP contribution in [-0.2, 0) is 6.54 Å². The van der Waals surface area contributed by atoms with Crippen molar-refractivity contribution in [3.63, 3.8) is 0 Å². The third-order valence-corrected chi connectivity index (χ3v) is 4.82. The number of hydrogen-bond acceptors (Lipinski definition) is 8. The molecule has 2 aliphatic rings. The standard InChI is InChI=1S/C18H17N5O7/c24-17(19-11-1-2-11)15-9-30-16(20-15)8-21(12-3-4-12)18(25)10-5-13(22(26)27)7-14(6-10)23(28)29/h5-7,9,11-12H,1-4,8H2,(H,19,24). The average Bonchev–Trinajstić information content (AvgIpc) is 3.65. The van der Waals surface area contributed by atoms with Gasteiger partial charge in [-0.2, -0.15) is 0 Å². The molecule has 30 heavy (non-hydrogen) atoms. The average molecular weight is 415 g/mol. The summed E-state index contributed by atoms with van der Waals surface area (Å²) in [6.45, 7) is -0.0588. The summed E-state index contributed by atoms with van der Waals surface area (Å²) in [6, 6.07) is 2.85. The van der Waals surface area contributed by atoms with Gasteiger partial charge in [-0.25, -0.2) is 4.98 Å². The maximum atomic E-state index is 13.0. The van der Waals surface area contributed by atoms with Gasteiger partial charge in [-0.3, -0.25) is 29.8 Å². The van der Waals surface area contributed by atoms with Crippen LogP contribution in [-0.4, -0.2) is 43.6 Å². The van der Waals surface area contributed by atoms with E-state index >= 15 is 0 Å². The van der Waals surface area contributed by atoms with Crippen molar-refractivity contribution in [2.45, 2.75) is 44.3 Å². The quantitative estimate of drug-likeness (QED) is 0.507. The summed E-state index contributed by atoms with van der Waals surface area (Å²) in [5.74, 6) is -0.825. The van der Waals surface area contributed by atoms with Gasteiger partial charge in [0.2, 0.25) is 5.89 Å². The largest absolute Gasteiger partial charge is 0.446 e. The van der Waals surface area contributed by atoms with Crippen molar-refractivity contribution in [1.82, 2.24) is 15.2 Å². The number of amides is 2. The number of nitrogens with one attached hydrogen (secondary N) is 1. The first kappa shape index (κ1) is 19.5. The Bertz CT molecular complexity index is 1010. The molecular formula is C18H17N5O7. The van der Waals surface area contributed by atoms with E-state index in [4.69, 9.17) is 4.42 Å². The highest BCUT2D eigenvalue weighted by atomic mass is 16.6. The smallest absolute Gasteiger partial charge is 0.277 e. The van der Waals surface area contributed by atoms with Gasteiger partial charge in [0.05, 0.1) is 28.0 Å². The molecule has 156 valence electrons. The number of nitro groups is 2. The lowest BCUT2D eigenvalue weighted by Gasteiger charge is -2.20. The molecular weight excluding hydrogens is 398 g/mol. The number of oxazole rings is 1. The molecule has 0 bridgehead atoms. The molecule has 1 aromatic carbocycles. The van der Waals surface area contributed by atoms with Crippen LogP contribution in [0.5, 0.6) is 0 Å². The second-order valence-electron chi connectivity index (χ2n) is 7.29. The van der Waals surface area contributed by atoms with E-state index in [0.29, 0.717) is 0 Å². The Morgan fingerprint density at radius 1 is 1.10 bits per heavy atom. The maximum Gasteiger partial charge on any atom is 0.277 e. The molecule has 1 aromatic heterocycles. The summed E-state index contributed by atoms with van der Waals surface area (Å²) >= 11 is 0. The summed E-state index contributed by atoms with van der Waals surface area (Å²) in [6.07, 6.45) is 4.50. The van der Waals surface area contributed by atoms with Crippen LogP contribution in [0.1, 0.15) is 52.4 Å². The molecule has 0 aliphatic heterocycles. The number of carbonyl (C=O) groups is 2. The zero-order valence-corrected chi connectivity index (χ0v) is 15.6. The van der Waals surface area contributed by atoms with E-state index in [1.165, 1.54) is 11.2 Å². The molecule has 2 aliphatic carbocycles. The van der Waals surface area contributed by atoms with Crippen molar-refractivity contribution in [2.75, 3.05) is 0 Å². The number of hydrogen-bond donors (Lipinski definition) is 1. The van der Waals surface area contributed by atoms with Gasteiger partial charge in [0.25, 0.3) is 23.2 Å². The van der Waals surface area contributed by atoms with E-state index in [0.717, 1.165) is 43.9 Å². The molecule has 4 rings (SSSR count). The van der Waals surface area contributed by atoms with Gasteiger partial charge < -0.3 is 14.6 Å². The van der Waals surface area contributed by atoms with E-state index in [1.54, 1.807) is 0 Å². The third-order valence-electron chi connectivity index (χ3n) is 4.82. The number of aromatic nitrogens is 1.